The highest BCUT2D eigenvalue weighted by atomic mass is 16.5. The van der Waals surface area contributed by atoms with Crippen LogP contribution >= 0.6 is 0 Å². The Hall–Kier alpha value is -5.09. The number of pyridine rings is 1. The number of carbonyl (C=O) groups excluding carboxylic acids is 4. The number of aryl methyl sites for hydroxylation is 1. The molecule has 0 saturated carbocycles. The van der Waals surface area contributed by atoms with Crippen molar-refractivity contribution in [2.24, 2.45) is 16.7 Å². The van der Waals surface area contributed by atoms with Gasteiger partial charge in [-0.05, 0) is 77.1 Å². The van der Waals surface area contributed by atoms with Crippen molar-refractivity contribution in [1.29, 1.82) is 0 Å². The number of ketones is 2. The Labute approximate surface area is 360 Å². The Kier molecular flexibility index (Phi) is 23.7. The molecule has 3 N–H and O–H groups in total. The summed E-state index contributed by atoms with van der Waals surface area (Å²) in [6, 6.07) is 13.4. The first-order chi connectivity index (χ1) is 28.4. The van der Waals surface area contributed by atoms with Crippen LogP contribution in [0.5, 0.6) is 5.75 Å². The number of amides is 1. The molecule has 60 heavy (non-hydrogen) atoms. The number of Topliss-reactive ketones (excluding diaryl/α,β-unsaturated/α-hetero) is 2. The molecule has 2 aromatic heterocycles. The van der Waals surface area contributed by atoms with Gasteiger partial charge in [-0.15, -0.1) is 6.58 Å². The summed E-state index contributed by atoms with van der Waals surface area (Å²) in [5.74, 6) is -0.0630. The Balaban J connectivity index is 0.00000209. The number of fused-ring (bicyclic) bond motifs is 3. The number of rotatable bonds is 21. The minimum absolute atomic E-state index is 0.00418. The molecule has 330 valence electrons. The number of benzene rings is 2. The molecule has 0 aliphatic heterocycles. The Morgan fingerprint density at radius 1 is 0.933 bits per heavy atom. The highest BCUT2D eigenvalue weighted by Gasteiger charge is 2.27. The zero-order valence-corrected chi connectivity index (χ0v) is 38.7. The van der Waals surface area contributed by atoms with Gasteiger partial charge in [0, 0.05) is 81.2 Å². The Morgan fingerprint density at radius 3 is 2.22 bits per heavy atom. The van der Waals surface area contributed by atoms with Gasteiger partial charge in [0.05, 0.1) is 25.4 Å². The van der Waals surface area contributed by atoms with E-state index >= 15 is 0 Å². The van der Waals surface area contributed by atoms with E-state index in [9.17, 15) is 14.4 Å². The molecule has 0 spiro atoms. The van der Waals surface area contributed by atoms with Crippen LogP contribution in [0.1, 0.15) is 135 Å². The highest BCUT2D eigenvalue weighted by Crippen LogP contribution is 2.28. The monoisotopic (exact) mass is 827 g/mol. The van der Waals surface area contributed by atoms with Gasteiger partial charge in [-0.3, -0.25) is 19.4 Å². The molecule has 4 rings (SSSR count). The van der Waals surface area contributed by atoms with E-state index < -0.39 is 0 Å². The fourth-order valence-electron chi connectivity index (χ4n) is 6.05. The van der Waals surface area contributed by atoms with Crippen LogP contribution in [-0.2, 0) is 20.7 Å². The summed E-state index contributed by atoms with van der Waals surface area (Å²) < 4.78 is 12.5. The molecule has 0 aliphatic rings. The third-order valence-corrected chi connectivity index (χ3v) is 9.60. The maximum Gasteiger partial charge on any atom is 0.255 e. The predicted octanol–water partition coefficient (Wildman–Crippen LogP) is 11.0. The number of ether oxygens (including phenoxy) is 2. The number of nitrogens with zero attached hydrogens (tertiary/aromatic N) is 1. The van der Waals surface area contributed by atoms with Crippen LogP contribution in [0.4, 0.5) is 0 Å². The molecule has 4 aromatic rings. The second kappa shape index (κ2) is 26.9. The van der Waals surface area contributed by atoms with Gasteiger partial charge in [0.25, 0.3) is 5.91 Å². The molecular formula is C50H74N4O6. The lowest BCUT2D eigenvalue weighted by molar-refractivity contribution is -0.122. The molecular weight excluding hydrogens is 753 g/mol. The van der Waals surface area contributed by atoms with E-state index in [4.69, 9.17) is 14.3 Å². The van der Waals surface area contributed by atoms with Crippen molar-refractivity contribution in [1.82, 2.24) is 20.6 Å². The summed E-state index contributed by atoms with van der Waals surface area (Å²) >= 11 is 0. The third kappa shape index (κ3) is 18.0. The number of hydrogen-bond donors (Lipinski definition) is 3. The molecule has 2 unspecified atom stereocenters. The number of allylic oxidation sites excluding steroid dienone is 2. The smallest absolute Gasteiger partial charge is 0.255 e. The Bertz CT molecular complexity index is 1970. The largest absolute Gasteiger partial charge is 0.492 e. The predicted molar refractivity (Wildman–Crippen MR) is 249 cm³/mol. The van der Waals surface area contributed by atoms with Gasteiger partial charge in [-0.25, -0.2) is 0 Å². The summed E-state index contributed by atoms with van der Waals surface area (Å²) in [4.78, 5) is 54.9. The van der Waals surface area contributed by atoms with Gasteiger partial charge < -0.3 is 29.9 Å². The zero-order valence-electron chi connectivity index (χ0n) is 38.7. The molecule has 2 aromatic carbocycles. The van der Waals surface area contributed by atoms with E-state index in [0.29, 0.717) is 37.4 Å². The first kappa shape index (κ1) is 52.9. The van der Waals surface area contributed by atoms with Crippen LogP contribution in [0.15, 0.2) is 79.8 Å². The minimum atomic E-state index is -0.387. The number of aromatic amines is 1. The molecule has 0 bridgehead atoms. The third-order valence-electron chi connectivity index (χ3n) is 9.60. The van der Waals surface area contributed by atoms with E-state index in [1.807, 2.05) is 53.8 Å². The minimum Gasteiger partial charge on any atom is -0.492 e. The second-order valence-corrected chi connectivity index (χ2v) is 16.6. The van der Waals surface area contributed by atoms with Crippen LogP contribution in [-0.4, -0.2) is 66.1 Å². The van der Waals surface area contributed by atoms with Crippen molar-refractivity contribution in [2.75, 3.05) is 26.4 Å². The van der Waals surface area contributed by atoms with Gasteiger partial charge in [0.2, 0.25) is 0 Å². The van der Waals surface area contributed by atoms with Gasteiger partial charge in [0.1, 0.15) is 17.8 Å². The Morgan fingerprint density at radius 2 is 1.58 bits per heavy atom. The fraction of sp³-hybridized carbons (Fsp3) is 0.500. The van der Waals surface area contributed by atoms with Crippen molar-refractivity contribution in [3.05, 3.63) is 96.5 Å². The normalized spacial score (nSPS) is 11.9. The van der Waals surface area contributed by atoms with E-state index in [0.717, 1.165) is 54.2 Å². The van der Waals surface area contributed by atoms with Crippen molar-refractivity contribution in [2.45, 2.75) is 121 Å². The first-order valence-corrected chi connectivity index (χ1v) is 21.3. The SMILES string of the molecule is C=C(CCc1ccc2c(c1)[nH]c1ccncc12)NCC(C)(C)COCC(C)(C)COc1cccc(C(C)=O)c1C(=O)NC(C)CCC(=O)C(C)CC.C=CC.CC.CC=O. The second-order valence-electron chi connectivity index (χ2n) is 16.6. The molecule has 1 amide bonds. The fourth-order valence-corrected chi connectivity index (χ4v) is 6.05. The summed E-state index contributed by atoms with van der Waals surface area (Å²) in [5, 5.41) is 8.81. The molecule has 0 aliphatic carbocycles. The molecule has 0 fully saturated rings. The number of nitrogens with one attached hydrogen (secondary N) is 3. The van der Waals surface area contributed by atoms with Crippen molar-refractivity contribution < 1.29 is 28.7 Å². The summed E-state index contributed by atoms with van der Waals surface area (Å²) in [6.45, 7) is 32.6. The molecule has 10 nitrogen and oxygen atoms in total. The van der Waals surface area contributed by atoms with Crippen LogP contribution in [0.25, 0.3) is 21.8 Å². The standard InChI is InChI=1S/C43H58N4O5.C3H6.C2H4O.C2H6/c1-10-28(2)38(49)19-15-30(4)46-41(50)40-33(31(5)48)12-11-13-39(40)52-27-43(8,9)26-51-25-42(6,7)24-45-29(3)14-16-32-17-18-34-35-23-44-21-20-36(35)47-37(34)22-32;1-3-2;1-2-3;1-2/h11-13,17-18,20-23,28,30,45,47H,3,10,14-16,19,24-27H2,1-2,4-9H3,(H,46,50);3H,1H2,2H3;2H,1H3;1-2H3. The molecule has 2 atom stereocenters. The molecule has 0 radical (unpaired) electrons. The van der Waals surface area contributed by atoms with Crippen LogP contribution in [0, 0.1) is 16.7 Å². The van der Waals surface area contributed by atoms with Crippen LogP contribution in [0.3, 0.4) is 0 Å². The van der Waals surface area contributed by atoms with Gasteiger partial charge in [-0.2, -0.15) is 0 Å². The molecule has 0 saturated heterocycles. The lowest BCUT2D eigenvalue weighted by atomic mass is 9.93. The molecule has 2 heterocycles. The average Bonchev–Trinajstić information content (AvgIpc) is 3.59. The lowest BCUT2D eigenvalue weighted by Gasteiger charge is -2.30. The van der Waals surface area contributed by atoms with Crippen molar-refractivity contribution in [3.8, 4) is 5.75 Å². The van der Waals surface area contributed by atoms with Gasteiger partial charge >= 0.3 is 0 Å². The number of hydrogen-bond acceptors (Lipinski definition) is 8. The lowest BCUT2D eigenvalue weighted by Crippen LogP contribution is -2.36. The number of H-pyrrole nitrogens is 1. The number of carbonyl (C=O) groups is 4. The topological polar surface area (TPSA) is 139 Å². The van der Waals surface area contributed by atoms with Gasteiger partial charge in [-0.1, -0.05) is 92.3 Å². The van der Waals surface area contributed by atoms with Crippen LogP contribution in [0.2, 0.25) is 0 Å². The quantitative estimate of drug-likeness (QED) is 0.0429. The zero-order chi connectivity index (χ0) is 45.5. The van der Waals surface area contributed by atoms with E-state index in [-0.39, 0.29) is 52.4 Å². The first-order valence-electron chi connectivity index (χ1n) is 21.3. The van der Waals surface area contributed by atoms with E-state index in [2.05, 4.69) is 79.7 Å². The van der Waals surface area contributed by atoms with E-state index in [1.165, 1.54) is 24.8 Å². The molecule has 10 heteroatoms. The van der Waals surface area contributed by atoms with Crippen molar-refractivity contribution >= 4 is 45.6 Å². The maximum atomic E-state index is 13.5. The summed E-state index contributed by atoms with van der Waals surface area (Å²) in [6.07, 6.45) is 9.64. The summed E-state index contributed by atoms with van der Waals surface area (Å²) in [7, 11) is 0. The average molecular weight is 827 g/mol. The maximum absolute atomic E-state index is 13.5. The van der Waals surface area contributed by atoms with Gasteiger partial charge in [0.15, 0.2) is 5.78 Å². The number of aromatic nitrogens is 2. The summed E-state index contributed by atoms with van der Waals surface area (Å²) in [5.41, 5.74) is 4.45. The van der Waals surface area contributed by atoms with Crippen molar-refractivity contribution in [3.63, 3.8) is 0 Å². The highest BCUT2D eigenvalue weighted by molar-refractivity contribution is 6.09. The van der Waals surface area contributed by atoms with E-state index in [1.54, 1.807) is 30.5 Å². The number of aldehydes is 1. The van der Waals surface area contributed by atoms with Crippen LogP contribution < -0.4 is 15.4 Å².